The molecule has 2 saturated heterocycles. The van der Waals surface area contributed by atoms with Gasteiger partial charge in [0.05, 0.1) is 73.0 Å². The molecule has 406 valence electrons. The molecule has 2 aliphatic rings. The molecule has 6 aromatic rings. The van der Waals surface area contributed by atoms with E-state index in [1.54, 1.807) is 23.7 Å². The lowest BCUT2D eigenvalue weighted by atomic mass is 9.85. The first-order chi connectivity index (χ1) is 36.5. The molecule has 0 radical (unpaired) electrons. The summed E-state index contributed by atoms with van der Waals surface area (Å²) < 4.78 is 25.6. The minimum absolute atomic E-state index is 0.0168. The Bertz CT molecular complexity index is 2880. The van der Waals surface area contributed by atoms with Gasteiger partial charge in [0, 0.05) is 57.2 Å². The van der Waals surface area contributed by atoms with E-state index in [9.17, 15) is 19.5 Å². The largest absolute Gasteiger partial charge is 0.490 e. The zero-order valence-electron chi connectivity index (χ0n) is 45.0. The number of ether oxygens (including phenoxy) is 4. The van der Waals surface area contributed by atoms with Crippen molar-refractivity contribution in [1.82, 2.24) is 45.0 Å². The van der Waals surface area contributed by atoms with Crippen LogP contribution in [-0.4, -0.2) is 141 Å². The van der Waals surface area contributed by atoms with Crippen LogP contribution in [0.15, 0.2) is 78.6 Å². The summed E-state index contributed by atoms with van der Waals surface area (Å²) >= 11 is 1.58. The van der Waals surface area contributed by atoms with E-state index in [2.05, 4.69) is 71.3 Å². The van der Waals surface area contributed by atoms with Crippen molar-refractivity contribution >= 4 is 57.7 Å². The Balaban J connectivity index is 0.680. The Morgan fingerprint density at radius 1 is 0.842 bits per heavy atom. The molecule has 0 bridgehead atoms. The van der Waals surface area contributed by atoms with Gasteiger partial charge in [0.2, 0.25) is 23.7 Å². The fraction of sp³-hybridized carbons (Fsp3) is 0.500. The van der Waals surface area contributed by atoms with E-state index < -0.39 is 35.4 Å². The molecule has 2 aromatic carbocycles. The first-order valence-corrected chi connectivity index (χ1v) is 27.2. The minimum Gasteiger partial charge on any atom is -0.490 e. The summed E-state index contributed by atoms with van der Waals surface area (Å²) in [6.45, 7) is 18.7. The number of carbonyl (C=O) groups excluding carboxylic acids is 3. The van der Waals surface area contributed by atoms with Crippen LogP contribution in [0.4, 0.5) is 17.6 Å². The van der Waals surface area contributed by atoms with Crippen molar-refractivity contribution in [1.29, 1.82) is 0 Å². The van der Waals surface area contributed by atoms with Gasteiger partial charge in [-0.1, -0.05) is 57.2 Å². The number of nitrogens with zero attached hydrogens (tertiary/aromatic N) is 8. The Hall–Kier alpha value is -6.58. The van der Waals surface area contributed by atoms with Crippen LogP contribution in [0.2, 0.25) is 0 Å². The number of pyridine rings is 1. The number of thiazole rings is 1. The van der Waals surface area contributed by atoms with Crippen LogP contribution in [0.1, 0.15) is 95.5 Å². The van der Waals surface area contributed by atoms with Gasteiger partial charge in [-0.2, -0.15) is 4.98 Å². The molecule has 4 aromatic heterocycles. The molecule has 4 atom stereocenters. The van der Waals surface area contributed by atoms with E-state index in [0.717, 1.165) is 82.2 Å². The second kappa shape index (κ2) is 25.5. The van der Waals surface area contributed by atoms with Gasteiger partial charge in [0.1, 0.15) is 53.5 Å². The second-order valence-corrected chi connectivity index (χ2v) is 21.8. The van der Waals surface area contributed by atoms with Crippen molar-refractivity contribution in [3.8, 4) is 16.2 Å². The lowest BCUT2D eigenvalue weighted by Crippen LogP contribution is -2.58. The van der Waals surface area contributed by atoms with Gasteiger partial charge in [0.15, 0.2) is 0 Å². The van der Waals surface area contributed by atoms with Crippen molar-refractivity contribution in [3.63, 3.8) is 0 Å². The zero-order valence-corrected chi connectivity index (χ0v) is 45.8. The highest BCUT2D eigenvalue weighted by molar-refractivity contribution is 7.13. The number of amides is 3. The maximum absolute atomic E-state index is 14.1. The number of carbonyl (C=O) groups is 3. The zero-order chi connectivity index (χ0) is 53.9. The first kappa shape index (κ1) is 55.6. The van der Waals surface area contributed by atoms with E-state index in [0.29, 0.717) is 37.4 Å². The van der Waals surface area contributed by atoms with E-state index in [1.165, 1.54) is 4.90 Å². The van der Waals surface area contributed by atoms with Crippen LogP contribution in [0.3, 0.4) is 0 Å². The molecule has 4 N–H and O–H groups in total. The fourth-order valence-electron chi connectivity index (χ4n) is 9.65. The standard InChI is InChI=1S/C56H73N11O8S/c1-35(2)67-38(5)61-45-31-58-49(30-46(45)67)62-48-17-21-57-55(63-48)65-22-18-44(19-23-65)75-43-15-9-39(10-16-43)20-24-72-25-26-73-27-28-74-33-50(69)64-52(56(6,7)8)54(71)66-32-42(68)29-47(66)53(70)60-36(3)40-11-13-41(14-12-40)51-37(4)59-34-76-51/h9-17,21,30-31,34-36,42,44,47,52,68H,18-20,22-29,32-33H2,1-8H3,(H,60,70)(H,64,69)(H,57,58,62,63)/t36-,42+,47-,52+/m0/s1. The van der Waals surface area contributed by atoms with E-state index in [1.807, 2.05) is 95.6 Å². The summed E-state index contributed by atoms with van der Waals surface area (Å²) in [6, 6.07) is 18.0. The molecular weight excluding hydrogens is 987 g/mol. The fourth-order valence-corrected chi connectivity index (χ4v) is 10.5. The van der Waals surface area contributed by atoms with Gasteiger partial charge in [0.25, 0.3) is 0 Å². The van der Waals surface area contributed by atoms with Gasteiger partial charge in [-0.25, -0.2) is 19.9 Å². The van der Waals surface area contributed by atoms with Gasteiger partial charge in [-0.3, -0.25) is 14.4 Å². The summed E-state index contributed by atoms with van der Waals surface area (Å²) in [6.07, 6.45) is 5.31. The lowest BCUT2D eigenvalue weighted by Gasteiger charge is -2.35. The van der Waals surface area contributed by atoms with E-state index in [4.69, 9.17) is 23.9 Å². The smallest absolute Gasteiger partial charge is 0.246 e. The Kier molecular flexibility index (Phi) is 18.7. The number of fused-ring (bicyclic) bond motifs is 1. The number of aromatic nitrogens is 6. The van der Waals surface area contributed by atoms with Crippen LogP contribution >= 0.6 is 11.3 Å². The summed E-state index contributed by atoms with van der Waals surface area (Å²) in [5.41, 5.74) is 7.07. The van der Waals surface area contributed by atoms with Crippen molar-refractivity contribution in [2.75, 3.05) is 69.5 Å². The number of hydrogen-bond donors (Lipinski definition) is 4. The van der Waals surface area contributed by atoms with Crippen molar-refractivity contribution in [3.05, 3.63) is 101 Å². The number of nitrogens with one attached hydrogen (secondary N) is 3. The number of piperidine rings is 1. The van der Waals surface area contributed by atoms with Crippen molar-refractivity contribution in [2.24, 2.45) is 5.41 Å². The number of likely N-dealkylation sites (tertiary alicyclic amines) is 1. The molecule has 19 nitrogen and oxygen atoms in total. The predicted molar refractivity (Wildman–Crippen MR) is 293 cm³/mol. The maximum Gasteiger partial charge on any atom is 0.246 e. The predicted octanol–water partition coefficient (Wildman–Crippen LogP) is 7.30. The Morgan fingerprint density at radius 2 is 1.55 bits per heavy atom. The van der Waals surface area contributed by atoms with Gasteiger partial charge in [-0.05, 0) is 81.3 Å². The molecule has 2 aliphatic heterocycles. The highest BCUT2D eigenvalue weighted by Gasteiger charge is 2.44. The first-order valence-electron chi connectivity index (χ1n) is 26.3. The highest BCUT2D eigenvalue weighted by atomic mass is 32.1. The summed E-state index contributed by atoms with van der Waals surface area (Å²) in [5, 5.41) is 19.8. The molecule has 0 spiro atoms. The molecular formula is C56H73N11O8S. The normalized spacial score (nSPS) is 17.0. The van der Waals surface area contributed by atoms with E-state index in [-0.39, 0.29) is 56.9 Å². The number of hydrogen-bond acceptors (Lipinski definition) is 16. The van der Waals surface area contributed by atoms with Crippen molar-refractivity contribution in [2.45, 2.75) is 117 Å². The Morgan fingerprint density at radius 3 is 2.24 bits per heavy atom. The molecule has 0 unspecified atom stereocenters. The molecule has 0 aliphatic carbocycles. The highest BCUT2D eigenvalue weighted by Crippen LogP contribution is 2.31. The molecule has 6 heterocycles. The minimum atomic E-state index is -0.965. The second-order valence-electron chi connectivity index (χ2n) is 20.9. The van der Waals surface area contributed by atoms with Crippen LogP contribution in [0.5, 0.6) is 5.75 Å². The topological polar surface area (TPSA) is 220 Å². The molecule has 0 saturated carbocycles. The van der Waals surface area contributed by atoms with Gasteiger partial charge in [-0.15, -0.1) is 11.3 Å². The number of benzene rings is 2. The summed E-state index contributed by atoms with van der Waals surface area (Å²) in [4.78, 5) is 68.4. The summed E-state index contributed by atoms with van der Waals surface area (Å²) in [5.74, 6) is 2.58. The van der Waals surface area contributed by atoms with Crippen LogP contribution < -0.4 is 25.6 Å². The third-order valence-corrected chi connectivity index (χ3v) is 14.7. The Labute approximate surface area is 449 Å². The van der Waals surface area contributed by atoms with Gasteiger partial charge >= 0.3 is 0 Å². The average Bonchev–Trinajstić information content (AvgIpc) is 4.11. The SMILES string of the molecule is Cc1ncsc1-c1ccc([C@H](C)NC(=O)[C@@H]2C[C@@H](O)CN2C(=O)[C@@H](NC(=O)COCCOCCOCCc2ccc(OC3CCN(c4nccc(Nc5cc6c(cn5)nc(C)n6C(C)C)n4)CC3)cc2)C(C)(C)C)cc1. The number of imidazole rings is 1. The lowest BCUT2D eigenvalue weighted by molar-refractivity contribution is -0.144. The maximum atomic E-state index is 14.1. The van der Waals surface area contributed by atoms with Gasteiger partial charge < -0.3 is 54.4 Å². The average molecular weight is 1060 g/mol. The van der Waals surface area contributed by atoms with Crippen LogP contribution in [-0.2, 0) is 35.0 Å². The number of aryl methyl sites for hydroxylation is 2. The number of rotatable bonds is 23. The molecule has 3 amide bonds. The quantitative estimate of drug-likeness (QED) is 0.0463. The van der Waals surface area contributed by atoms with E-state index >= 15 is 0 Å². The molecule has 20 heteroatoms. The third-order valence-electron chi connectivity index (χ3n) is 13.7. The number of β-amino-alcohol motifs (C(OH)–C–C–N with tert-alkyl or cyclic N) is 1. The molecule has 8 rings (SSSR count). The third kappa shape index (κ3) is 14.5. The number of aliphatic hydroxyl groups is 1. The molecule has 76 heavy (non-hydrogen) atoms. The number of aliphatic hydroxyl groups excluding tert-OH is 1. The summed E-state index contributed by atoms with van der Waals surface area (Å²) in [7, 11) is 0. The van der Waals surface area contributed by atoms with Crippen LogP contribution in [0, 0.1) is 19.3 Å². The molecule has 2 fully saturated rings. The monoisotopic (exact) mass is 1060 g/mol. The number of anilines is 3. The van der Waals surface area contributed by atoms with Crippen LogP contribution in [0.25, 0.3) is 21.5 Å². The van der Waals surface area contributed by atoms with Crippen molar-refractivity contribution < 1.29 is 38.4 Å².